The maximum absolute atomic E-state index is 12.1. The van der Waals surface area contributed by atoms with E-state index in [1.165, 1.54) is 4.90 Å². The molecule has 0 radical (unpaired) electrons. The molecule has 0 bridgehead atoms. The number of amides is 2. The summed E-state index contributed by atoms with van der Waals surface area (Å²) in [7, 11) is 0. The van der Waals surface area contributed by atoms with Crippen LogP contribution in [0.3, 0.4) is 0 Å². The van der Waals surface area contributed by atoms with E-state index < -0.39 is 24.3 Å². The number of hydrogen-bond donors (Lipinski definition) is 3. The molecule has 0 saturated heterocycles. The monoisotopic (exact) mass is 270 g/mol. The molecular formula is C12H18N2O5. The van der Waals surface area contributed by atoms with Gasteiger partial charge in [-0.05, 0) is 5.92 Å². The van der Waals surface area contributed by atoms with Crippen molar-refractivity contribution < 1.29 is 24.6 Å². The van der Waals surface area contributed by atoms with Gasteiger partial charge in [-0.25, -0.2) is 0 Å². The smallest absolute Gasteiger partial charge is 0.322 e. The van der Waals surface area contributed by atoms with Gasteiger partial charge in [-0.3, -0.25) is 14.4 Å². The van der Waals surface area contributed by atoms with E-state index in [2.05, 4.69) is 5.32 Å². The van der Waals surface area contributed by atoms with Crippen molar-refractivity contribution in [1.82, 2.24) is 10.2 Å². The first-order chi connectivity index (χ1) is 8.82. The van der Waals surface area contributed by atoms with Crippen LogP contribution >= 0.6 is 0 Å². The van der Waals surface area contributed by atoms with Crippen molar-refractivity contribution in [3.8, 4) is 0 Å². The van der Waals surface area contributed by atoms with Crippen LogP contribution in [0.5, 0.6) is 0 Å². The van der Waals surface area contributed by atoms with Gasteiger partial charge >= 0.3 is 5.97 Å². The predicted octanol–water partition coefficient (Wildman–Crippen LogP) is -0.112. The average Bonchev–Trinajstić information content (AvgIpc) is 2.30. The van der Waals surface area contributed by atoms with Crippen LogP contribution in [0.15, 0.2) is 11.3 Å². The fourth-order valence-electron chi connectivity index (χ4n) is 1.84. The van der Waals surface area contributed by atoms with E-state index in [0.29, 0.717) is 13.1 Å². The van der Waals surface area contributed by atoms with Crippen molar-refractivity contribution in [2.75, 3.05) is 19.6 Å². The van der Waals surface area contributed by atoms with Crippen LogP contribution in [-0.2, 0) is 14.4 Å². The zero-order valence-corrected chi connectivity index (χ0v) is 11.0. The Morgan fingerprint density at radius 1 is 1.42 bits per heavy atom. The van der Waals surface area contributed by atoms with E-state index in [1.807, 2.05) is 13.8 Å². The molecule has 1 aliphatic rings. The molecule has 0 saturated carbocycles. The Bertz CT molecular complexity index is 428. The van der Waals surface area contributed by atoms with Crippen LogP contribution in [0, 0.1) is 5.92 Å². The van der Waals surface area contributed by atoms with Gasteiger partial charge in [-0.1, -0.05) is 13.8 Å². The molecule has 106 valence electrons. The Morgan fingerprint density at radius 2 is 2.05 bits per heavy atom. The Morgan fingerprint density at radius 3 is 2.58 bits per heavy atom. The third kappa shape index (κ3) is 3.97. The van der Waals surface area contributed by atoms with E-state index in [-0.39, 0.29) is 23.7 Å². The highest BCUT2D eigenvalue weighted by Gasteiger charge is 2.32. The predicted molar refractivity (Wildman–Crippen MR) is 66.3 cm³/mol. The largest absolute Gasteiger partial charge is 0.511 e. The summed E-state index contributed by atoms with van der Waals surface area (Å²) >= 11 is 0. The summed E-state index contributed by atoms with van der Waals surface area (Å²) in [4.78, 5) is 35.6. The molecule has 0 aromatic rings. The Balaban J connectivity index is 2.81. The number of aliphatic hydroxyl groups excluding tert-OH is 1. The lowest BCUT2D eigenvalue weighted by Crippen LogP contribution is -2.44. The summed E-state index contributed by atoms with van der Waals surface area (Å²) in [6, 6.07) is 0. The Kier molecular flexibility index (Phi) is 4.91. The van der Waals surface area contributed by atoms with Gasteiger partial charge in [0, 0.05) is 19.5 Å². The molecule has 1 aliphatic heterocycles. The second-order valence-corrected chi connectivity index (χ2v) is 4.79. The third-order valence-electron chi connectivity index (χ3n) is 2.62. The van der Waals surface area contributed by atoms with Crippen molar-refractivity contribution in [2.24, 2.45) is 5.92 Å². The summed E-state index contributed by atoms with van der Waals surface area (Å²) in [6.45, 7) is 4.14. The number of carbonyl (C=O) groups is 3. The van der Waals surface area contributed by atoms with Crippen LogP contribution in [0.4, 0.5) is 0 Å². The summed E-state index contributed by atoms with van der Waals surface area (Å²) < 4.78 is 0. The number of rotatable bonds is 5. The topological polar surface area (TPSA) is 107 Å². The van der Waals surface area contributed by atoms with Crippen LogP contribution in [0.2, 0.25) is 0 Å². The standard InChI is InChI=1S/C12H18N2O5/c1-7(2)6-14-4-3-8(15)10(12(14)19)11(18)13-5-9(16)17/h7,15H,3-6H2,1-2H3,(H,13,18)(H,16,17). The fourth-order valence-corrected chi connectivity index (χ4v) is 1.84. The highest BCUT2D eigenvalue weighted by atomic mass is 16.4. The molecule has 0 aliphatic carbocycles. The number of aliphatic carboxylic acids is 1. The number of carboxylic acids is 1. The minimum atomic E-state index is -1.21. The van der Waals surface area contributed by atoms with Gasteiger partial charge in [0.1, 0.15) is 17.9 Å². The first-order valence-corrected chi connectivity index (χ1v) is 6.04. The molecule has 3 N–H and O–H groups in total. The van der Waals surface area contributed by atoms with Crippen LogP contribution < -0.4 is 5.32 Å². The third-order valence-corrected chi connectivity index (χ3v) is 2.62. The number of nitrogens with zero attached hydrogens (tertiary/aromatic N) is 1. The minimum Gasteiger partial charge on any atom is -0.511 e. The van der Waals surface area contributed by atoms with Crippen LogP contribution in [-0.4, -0.2) is 52.5 Å². The van der Waals surface area contributed by atoms with E-state index in [1.54, 1.807) is 0 Å². The molecule has 0 fully saturated rings. The van der Waals surface area contributed by atoms with Crippen molar-refractivity contribution in [3.05, 3.63) is 11.3 Å². The number of hydrogen-bond acceptors (Lipinski definition) is 4. The van der Waals surface area contributed by atoms with Crippen molar-refractivity contribution >= 4 is 17.8 Å². The van der Waals surface area contributed by atoms with Gasteiger partial charge in [0.15, 0.2) is 0 Å². The summed E-state index contributed by atoms with van der Waals surface area (Å²) in [5.74, 6) is -2.66. The molecule has 7 heteroatoms. The highest BCUT2D eigenvalue weighted by molar-refractivity contribution is 6.19. The number of carboxylic acid groups (broad SMARTS) is 1. The van der Waals surface area contributed by atoms with Gasteiger partial charge in [0.25, 0.3) is 11.8 Å². The fraction of sp³-hybridized carbons (Fsp3) is 0.583. The van der Waals surface area contributed by atoms with Crippen molar-refractivity contribution in [2.45, 2.75) is 20.3 Å². The van der Waals surface area contributed by atoms with E-state index in [0.717, 1.165) is 0 Å². The van der Waals surface area contributed by atoms with E-state index >= 15 is 0 Å². The van der Waals surface area contributed by atoms with E-state index in [9.17, 15) is 19.5 Å². The molecule has 0 atom stereocenters. The Labute approximate surface area is 110 Å². The lowest BCUT2D eigenvalue weighted by molar-refractivity contribution is -0.138. The normalized spacial score (nSPS) is 15.9. The van der Waals surface area contributed by atoms with Gasteiger partial charge in [-0.2, -0.15) is 0 Å². The molecule has 0 spiro atoms. The van der Waals surface area contributed by atoms with Gasteiger partial charge in [0.2, 0.25) is 0 Å². The summed E-state index contributed by atoms with van der Waals surface area (Å²) in [5, 5.41) is 20.2. The number of nitrogens with one attached hydrogen (secondary N) is 1. The second-order valence-electron chi connectivity index (χ2n) is 4.79. The quantitative estimate of drug-likeness (QED) is 0.604. The molecule has 0 aromatic carbocycles. The van der Waals surface area contributed by atoms with Crippen LogP contribution in [0.25, 0.3) is 0 Å². The molecule has 0 aromatic heterocycles. The minimum absolute atomic E-state index is 0.203. The van der Waals surface area contributed by atoms with Gasteiger partial charge in [-0.15, -0.1) is 0 Å². The molecule has 19 heavy (non-hydrogen) atoms. The average molecular weight is 270 g/mol. The van der Waals surface area contributed by atoms with Crippen molar-refractivity contribution in [3.63, 3.8) is 0 Å². The van der Waals surface area contributed by atoms with E-state index in [4.69, 9.17) is 5.11 Å². The number of aliphatic hydroxyl groups is 1. The lowest BCUT2D eigenvalue weighted by atomic mass is 10.0. The maximum Gasteiger partial charge on any atom is 0.322 e. The Hall–Kier alpha value is -2.05. The zero-order valence-electron chi connectivity index (χ0n) is 11.0. The first-order valence-electron chi connectivity index (χ1n) is 6.04. The molecule has 2 amide bonds. The summed E-state index contributed by atoms with van der Waals surface area (Å²) in [5.41, 5.74) is -0.354. The molecule has 1 rings (SSSR count). The van der Waals surface area contributed by atoms with Gasteiger partial charge < -0.3 is 20.4 Å². The molecule has 7 nitrogen and oxygen atoms in total. The molecular weight excluding hydrogens is 252 g/mol. The first kappa shape index (κ1) is 15.0. The SMILES string of the molecule is CC(C)CN1CCC(O)=C(C(=O)NCC(=O)O)C1=O. The zero-order chi connectivity index (χ0) is 14.6. The van der Waals surface area contributed by atoms with Gasteiger partial charge in [0.05, 0.1) is 0 Å². The maximum atomic E-state index is 12.1. The second kappa shape index (κ2) is 6.21. The molecule has 1 heterocycles. The van der Waals surface area contributed by atoms with Crippen molar-refractivity contribution in [1.29, 1.82) is 0 Å². The highest BCUT2D eigenvalue weighted by Crippen LogP contribution is 2.18. The number of carbonyl (C=O) groups excluding carboxylic acids is 2. The lowest BCUT2D eigenvalue weighted by Gasteiger charge is -2.29. The summed E-state index contributed by atoms with van der Waals surface area (Å²) in [6.07, 6.45) is 0.203. The molecule has 0 unspecified atom stereocenters. The van der Waals surface area contributed by atoms with Crippen LogP contribution in [0.1, 0.15) is 20.3 Å².